The smallest absolute Gasteiger partial charge is 0.245 e. The Balaban J connectivity index is 1.13. The van der Waals surface area contributed by atoms with Gasteiger partial charge in [-0.1, -0.05) is 43.2 Å². The maximum atomic E-state index is 12.3. The van der Waals surface area contributed by atoms with Crippen LogP contribution in [-0.4, -0.2) is 108 Å². The van der Waals surface area contributed by atoms with Gasteiger partial charge in [-0.25, -0.2) is 4.98 Å². The van der Waals surface area contributed by atoms with Gasteiger partial charge in [0.1, 0.15) is 0 Å². The molecule has 6 aliphatic rings. The quantitative estimate of drug-likeness (QED) is 0.279. The molecule has 8 rings (SSSR count). The molecule has 2 aromatic rings. The lowest BCUT2D eigenvalue weighted by atomic mass is 9.77. The summed E-state index contributed by atoms with van der Waals surface area (Å²) in [6.07, 6.45) is 18.5. The zero-order valence-electron chi connectivity index (χ0n) is 29.9. The van der Waals surface area contributed by atoms with Gasteiger partial charge in [0.15, 0.2) is 5.82 Å². The summed E-state index contributed by atoms with van der Waals surface area (Å²) >= 11 is 0. The van der Waals surface area contributed by atoms with Crippen LogP contribution in [0.3, 0.4) is 0 Å². The number of likely N-dealkylation sites (tertiary alicyclic amines) is 1. The molecule has 1 unspecified atom stereocenters. The Morgan fingerprint density at radius 1 is 0.959 bits per heavy atom. The molecule has 258 valence electrons. The van der Waals surface area contributed by atoms with Crippen LogP contribution in [0.4, 0.5) is 11.8 Å². The normalized spacial score (nSPS) is 24.4. The van der Waals surface area contributed by atoms with Crippen LogP contribution in [0.1, 0.15) is 87.0 Å². The van der Waals surface area contributed by atoms with Crippen LogP contribution in [0.5, 0.6) is 0 Å². The third-order valence-corrected chi connectivity index (χ3v) is 12.6. The van der Waals surface area contributed by atoms with Crippen molar-refractivity contribution >= 4 is 23.7 Å². The maximum absolute atomic E-state index is 12.3. The molecule has 4 aliphatic heterocycles. The third kappa shape index (κ3) is 5.97. The number of nitrogens with zero attached hydrogens (tertiary/aromatic N) is 7. The lowest BCUT2D eigenvalue weighted by Gasteiger charge is -2.47. The van der Waals surface area contributed by atoms with E-state index in [1.54, 1.807) is 0 Å². The largest absolute Gasteiger partial charge is 0.355 e. The molecule has 49 heavy (non-hydrogen) atoms. The van der Waals surface area contributed by atoms with Gasteiger partial charge in [-0.15, -0.1) is 6.42 Å². The van der Waals surface area contributed by atoms with Crippen LogP contribution in [0, 0.1) is 24.7 Å². The zero-order chi connectivity index (χ0) is 33.9. The first kappa shape index (κ1) is 32.5. The van der Waals surface area contributed by atoms with Crippen LogP contribution < -0.4 is 9.80 Å². The van der Waals surface area contributed by atoms with Gasteiger partial charge in [-0.2, -0.15) is 4.98 Å². The molecule has 8 nitrogen and oxygen atoms in total. The van der Waals surface area contributed by atoms with Crippen molar-refractivity contribution in [2.45, 2.75) is 83.7 Å². The summed E-state index contributed by atoms with van der Waals surface area (Å²) in [5.74, 6) is 5.27. The van der Waals surface area contributed by atoms with Crippen molar-refractivity contribution in [1.29, 1.82) is 0 Å². The maximum Gasteiger partial charge on any atom is 0.245 e. The number of hydrogen-bond donors (Lipinski definition) is 0. The summed E-state index contributed by atoms with van der Waals surface area (Å²) in [6.45, 7) is 20.5. The van der Waals surface area contributed by atoms with E-state index in [4.69, 9.17) is 16.4 Å². The first-order valence-corrected chi connectivity index (χ1v) is 18.9. The van der Waals surface area contributed by atoms with E-state index in [9.17, 15) is 4.79 Å². The molecule has 1 atom stereocenters. The molecule has 4 saturated heterocycles. The molecule has 0 bridgehead atoms. The Morgan fingerprint density at radius 2 is 1.65 bits per heavy atom. The third-order valence-electron chi connectivity index (χ3n) is 12.6. The molecule has 0 radical (unpaired) electrons. The van der Waals surface area contributed by atoms with Crippen molar-refractivity contribution in [2.75, 3.05) is 75.2 Å². The predicted octanol–water partition coefficient (Wildman–Crippen LogP) is 5.71. The first-order chi connectivity index (χ1) is 23.8. The fraction of sp³-hybridized carbons (Fsp3) is 0.585. The molecule has 1 aromatic heterocycles. The standard InChI is InChI=1S/C41H53N7O/c1-6-30-23-28(4)24-31-10-9-29(5)36(37(30)31)38-34(7-2)39(47-18-15-41(25-47)26-48(27-41)35(49)8-3)43-40(42-38)46-16-13-33(14-17-46)45-21-19-44(20-22-45)32-11-12-32/h2,8-10,24,30,32-33H,3,6,11-23,25-27H2,1,4-5H3. The Hall–Kier alpha value is -3.67. The number of allylic oxidation sites excluding steroid dienone is 1. The molecule has 5 heterocycles. The number of rotatable bonds is 7. The summed E-state index contributed by atoms with van der Waals surface area (Å²) in [5.41, 5.74) is 8.34. The molecular formula is C41H53N7O. The molecule has 1 saturated carbocycles. The van der Waals surface area contributed by atoms with Gasteiger partial charge in [0, 0.05) is 88.5 Å². The molecule has 2 aliphatic carbocycles. The van der Waals surface area contributed by atoms with E-state index in [0.717, 1.165) is 100 Å². The second kappa shape index (κ2) is 12.9. The number of terminal acetylenes is 1. The summed E-state index contributed by atoms with van der Waals surface area (Å²) in [4.78, 5) is 35.3. The van der Waals surface area contributed by atoms with Gasteiger partial charge in [0.05, 0.1) is 11.3 Å². The summed E-state index contributed by atoms with van der Waals surface area (Å²) in [6, 6.07) is 6.02. The number of anilines is 2. The zero-order valence-corrected chi connectivity index (χ0v) is 29.9. The van der Waals surface area contributed by atoms with E-state index in [0.29, 0.717) is 12.0 Å². The second-order valence-corrected chi connectivity index (χ2v) is 15.9. The lowest BCUT2D eigenvalue weighted by Crippen LogP contribution is -2.59. The fourth-order valence-electron chi connectivity index (χ4n) is 9.67. The minimum absolute atomic E-state index is 0.0206. The van der Waals surface area contributed by atoms with E-state index in [1.807, 2.05) is 4.90 Å². The van der Waals surface area contributed by atoms with Crippen molar-refractivity contribution in [3.8, 4) is 23.6 Å². The number of aromatic nitrogens is 2. The molecule has 1 amide bonds. The van der Waals surface area contributed by atoms with Crippen molar-refractivity contribution in [3.63, 3.8) is 0 Å². The Morgan fingerprint density at radius 3 is 2.29 bits per heavy atom. The topological polar surface area (TPSA) is 59.1 Å². The van der Waals surface area contributed by atoms with Crippen molar-refractivity contribution < 1.29 is 4.79 Å². The average Bonchev–Trinajstić information content (AvgIpc) is 3.87. The van der Waals surface area contributed by atoms with Gasteiger partial charge < -0.3 is 14.7 Å². The summed E-state index contributed by atoms with van der Waals surface area (Å²) in [5, 5.41) is 0. The minimum atomic E-state index is 0.0206. The van der Waals surface area contributed by atoms with Crippen LogP contribution in [0.2, 0.25) is 0 Å². The molecule has 5 fully saturated rings. The Bertz CT molecular complexity index is 1700. The first-order valence-electron chi connectivity index (χ1n) is 18.9. The number of aryl methyl sites for hydroxylation is 1. The number of amides is 1. The monoisotopic (exact) mass is 659 g/mol. The van der Waals surface area contributed by atoms with Gasteiger partial charge in [-0.3, -0.25) is 14.6 Å². The number of carbonyl (C=O) groups excluding carboxylic acids is 1. The van der Waals surface area contributed by atoms with Crippen LogP contribution in [-0.2, 0) is 4.79 Å². The van der Waals surface area contributed by atoms with E-state index < -0.39 is 0 Å². The van der Waals surface area contributed by atoms with Crippen LogP contribution in [0.25, 0.3) is 17.3 Å². The number of piperidine rings is 1. The molecule has 0 N–H and O–H groups in total. The number of carbonyl (C=O) groups is 1. The molecule has 8 heteroatoms. The van der Waals surface area contributed by atoms with Crippen molar-refractivity contribution in [1.82, 2.24) is 24.7 Å². The van der Waals surface area contributed by atoms with Gasteiger partial charge in [0.2, 0.25) is 11.9 Å². The van der Waals surface area contributed by atoms with Gasteiger partial charge in [0.25, 0.3) is 0 Å². The number of fused-ring (bicyclic) bond motifs is 1. The SMILES string of the molecule is C#Cc1c(-c2c(C)ccc3c2C(CC)CC(C)=C3)nc(N2CCC(N3CCN(C4CC4)CC3)CC2)nc1N1CCC2(CN(C(=O)C=C)C2)C1. The predicted molar refractivity (Wildman–Crippen MR) is 199 cm³/mol. The second-order valence-electron chi connectivity index (χ2n) is 15.9. The Kier molecular flexibility index (Phi) is 8.56. The lowest BCUT2D eigenvalue weighted by molar-refractivity contribution is -0.136. The molecule has 1 aromatic carbocycles. The molecule has 1 spiro atoms. The summed E-state index contributed by atoms with van der Waals surface area (Å²) in [7, 11) is 0. The highest BCUT2D eigenvalue weighted by Gasteiger charge is 2.49. The van der Waals surface area contributed by atoms with E-state index in [1.165, 1.54) is 72.9 Å². The average molecular weight is 660 g/mol. The van der Waals surface area contributed by atoms with E-state index >= 15 is 0 Å². The highest BCUT2D eigenvalue weighted by molar-refractivity contribution is 5.88. The highest BCUT2D eigenvalue weighted by atomic mass is 16.2. The molecular weight excluding hydrogens is 606 g/mol. The van der Waals surface area contributed by atoms with E-state index in [-0.39, 0.29) is 11.3 Å². The number of piperazine rings is 1. The fourth-order valence-corrected chi connectivity index (χ4v) is 9.67. The van der Waals surface area contributed by atoms with Crippen LogP contribution in [0.15, 0.2) is 30.4 Å². The number of benzene rings is 1. The van der Waals surface area contributed by atoms with Gasteiger partial charge >= 0.3 is 0 Å². The Labute approximate surface area is 293 Å². The minimum Gasteiger partial charge on any atom is -0.355 e. The van der Waals surface area contributed by atoms with Crippen LogP contribution >= 0.6 is 0 Å². The summed E-state index contributed by atoms with van der Waals surface area (Å²) < 4.78 is 0. The van der Waals surface area contributed by atoms with Crippen molar-refractivity contribution in [3.05, 3.63) is 52.6 Å². The highest BCUT2D eigenvalue weighted by Crippen LogP contribution is 2.47. The van der Waals surface area contributed by atoms with Gasteiger partial charge in [-0.05, 0) is 87.5 Å². The number of hydrogen-bond acceptors (Lipinski definition) is 7. The van der Waals surface area contributed by atoms with E-state index in [2.05, 4.69) is 71.1 Å². The van der Waals surface area contributed by atoms with Crippen molar-refractivity contribution in [2.24, 2.45) is 5.41 Å².